The van der Waals surface area contributed by atoms with Crippen molar-refractivity contribution in [1.82, 2.24) is 14.6 Å². The summed E-state index contributed by atoms with van der Waals surface area (Å²) >= 11 is 0. The summed E-state index contributed by atoms with van der Waals surface area (Å²) in [6.45, 7) is 0. The summed E-state index contributed by atoms with van der Waals surface area (Å²) in [4.78, 5) is 15.7. The van der Waals surface area contributed by atoms with Gasteiger partial charge in [-0.25, -0.2) is 14.3 Å². The predicted molar refractivity (Wildman–Crippen MR) is 97.4 cm³/mol. The second-order valence-corrected chi connectivity index (χ2v) is 5.73. The van der Waals surface area contributed by atoms with E-state index in [1.807, 2.05) is 54.6 Å². The van der Waals surface area contributed by atoms with Gasteiger partial charge in [0.15, 0.2) is 11.3 Å². The maximum absolute atomic E-state index is 11.5. The minimum atomic E-state index is -1.08. The van der Waals surface area contributed by atoms with E-state index in [4.69, 9.17) is 4.74 Å². The third-order valence-electron chi connectivity index (χ3n) is 4.10. The Morgan fingerprint density at radius 1 is 1.00 bits per heavy atom. The Kier molecular flexibility index (Phi) is 3.85. The van der Waals surface area contributed by atoms with Gasteiger partial charge in [-0.05, 0) is 30.3 Å². The molecule has 2 aromatic carbocycles. The van der Waals surface area contributed by atoms with Crippen LogP contribution in [0.25, 0.3) is 28.2 Å². The van der Waals surface area contributed by atoms with Gasteiger partial charge in [0.1, 0.15) is 5.75 Å². The van der Waals surface area contributed by atoms with Crippen molar-refractivity contribution in [2.24, 2.45) is 0 Å². The predicted octanol–water partition coefficient (Wildman–Crippen LogP) is 3.77. The molecule has 0 amide bonds. The van der Waals surface area contributed by atoms with E-state index < -0.39 is 5.97 Å². The molecule has 0 radical (unpaired) electrons. The van der Waals surface area contributed by atoms with Crippen molar-refractivity contribution in [1.29, 1.82) is 0 Å². The zero-order chi connectivity index (χ0) is 18.1. The van der Waals surface area contributed by atoms with E-state index in [2.05, 4.69) is 10.1 Å². The zero-order valence-electron chi connectivity index (χ0n) is 14.0. The lowest BCUT2D eigenvalue weighted by Gasteiger charge is -2.07. The second-order valence-electron chi connectivity index (χ2n) is 5.73. The number of carboxylic acid groups (broad SMARTS) is 1. The molecule has 2 aromatic heterocycles. The Balaban J connectivity index is 1.94. The molecule has 4 rings (SSSR count). The van der Waals surface area contributed by atoms with Crippen molar-refractivity contribution in [2.75, 3.05) is 7.11 Å². The molecule has 0 saturated heterocycles. The fraction of sp³-hybridized carbons (Fsp3) is 0.0500. The molecule has 0 unspecified atom stereocenters. The van der Waals surface area contributed by atoms with Gasteiger partial charge < -0.3 is 9.84 Å². The first kappa shape index (κ1) is 15.8. The lowest BCUT2D eigenvalue weighted by atomic mass is 10.1. The Hall–Kier alpha value is -3.67. The topological polar surface area (TPSA) is 76.7 Å². The maximum atomic E-state index is 11.5. The smallest absolute Gasteiger partial charge is 0.354 e. The van der Waals surface area contributed by atoms with Crippen LogP contribution >= 0.6 is 0 Å². The van der Waals surface area contributed by atoms with Crippen molar-refractivity contribution in [3.05, 3.63) is 72.4 Å². The fourth-order valence-electron chi connectivity index (χ4n) is 2.80. The van der Waals surface area contributed by atoms with Crippen LogP contribution in [0.3, 0.4) is 0 Å². The quantitative estimate of drug-likeness (QED) is 0.609. The maximum Gasteiger partial charge on any atom is 0.354 e. The number of fused-ring (bicyclic) bond motifs is 1. The number of carboxylic acids is 1. The molecular formula is C20H15N3O3. The molecule has 0 saturated carbocycles. The third-order valence-corrected chi connectivity index (χ3v) is 4.10. The summed E-state index contributed by atoms with van der Waals surface area (Å²) in [7, 11) is 1.60. The first-order valence-electron chi connectivity index (χ1n) is 7.99. The summed E-state index contributed by atoms with van der Waals surface area (Å²) in [5.41, 5.74) is 3.60. The lowest BCUT2D eigenvalue weighted by molar-refractivity contribution is 0.0690. The molecule has 2 heterocycles. The Bertz CT molecular complexity index is 1090. The molecule has 1 N–H and O–H groups in total. The molecule has 0 atom stereocenters. The minimum absolute atomic E-state index is 0.0252. The van der Waals surface area contributed by atoms with E-state index in [9.17, 15) is 9.90 Å². The van der Waals surface area contributed by atoms with Crippen LogP contribution in [0.5, 0.6) is 5.75 Å². The SMILES string of the molecule is COc1ccc(-c2cc(C(=O)O)nc3cc(-c4ccccc4)nn23)cc1. The van der Waals surface area contributed by atoms with Gasteiger partial charge in [0, 0.05) is 17.2 Å². The molecule has 0 fully saturated rings. The van der Waals surface area contributed by atoms with Crippen molar-refractivity contribution in [3.63, 3.8) is 0 Å². The van der Waals surface area contributed by atoms with Crippen LogP contribution in [0, 0.1) is 0 Å². The molecule has 0 aliphatic carbocycles. The van der Waals surface area contributed by atoms with Crippen molar-refractivity contribution >= 4 is 11.6 Å². The number of carbonyl (C=O) groups is 1. The molecule has 0 bridgehead atoms. The van der Waals surface area contributed by atoms with E-state index in [1.54, 1.807) is 17.7 Å². The molecule has 6 nitrogen and oxygen atoms in total. The Morgan fingerprint density at radius 3 is 2.38 bits per heavy atom. The highest BCUT2D eigenvalue weighted by Gasteiger charge is 2.15. The van der Waals surface area contributed by atoms with Gasteiger partial charge in [-0.1, -0.05) is 30.3 Å². The van der Waals surface area contributed by atoms with Gasteiger partial charge in [-0.2, -0.15) is 5.10 Å². The highest BCUT2D eigenvalue weighted by atomic mass is 16.5. The van der Waals surface area contributed by atoms with E-state index in [-0.39, 0.29) is 5.69 Å². The Morgan fingerprint density at radius 2 is 1.73 bits per heavy atom. The molecule has 0 aliphatic rings. The largest absolute Gasteiger partial charge is 0.497 e. The third kappa shape index (κ3) is 2.77. The minimum Gasteiger partial charge on any atom is -0.497 e. The fourth-order valence-corrected chi connectivity index (χ4v) is 2.80. The summed E-state index contributed by atoms with van der Waals surface area (Å²) in [5, 5.41) is 14.0. The van der Waals surface area contributed by atoms with Crippen LogP contribution in [0.2, 0.25) is 0 Å². The van der Waals surface area contributed by atoms with Crippen LogP contribution in [-0.4, -0.2) is 32.8 Å². The van der Waals surface area contributed by atoms with Gasteiger partial charge in [0.25, 0.3) is 0 Å². The molecule has 6 heteroatoms. The number of nitrogens with zero attached hydrogens (tertiary/aromatic N) is 3. The molecule has 4 aromatic rings. The molecule has 128 valence electrons. The van der Waals surface area contributed by atoms with Crippen LogP contribution in [0.1, 0.15) is 10.5 Å². The number of rotatable bonds is 4. The number of aromatic carboxylic acids is 1. The summed E-state index contributed by atoms with van der Waals surface area (Å²) in [6, 6.07) is 20.4. The standard InChI is InChI=1S/C20H15N3O3/c1-26-15-9-7-14(8-10-15)18-11-17(20(24)25)21-19-12-16(22-23(18)19)13-5-3-2-4-6-13/h2-12H,1H3,(H,24,25). The number of ether oxygens (including phenoxy) is 1. The average molecular weight is 345 g/mol. The van der Waals surface area contributed by atoms with Crippen LogP contribution in [0.15, 0.2) is 66.7 Å². The van der Waals surface area contributed by atoms with E-state index in [1.165, 1.54) is 6.07 Å². The normalized spacial score (nSPS) is 10.8. The van der Waals surface area contributed by atoms with Gasteiger partial charge in [0.05, 0.1) is 18.5 Å². The van der Waals surface area contributed by atoms with Crippen molar-refractivity contribution in [3.8, 4) is 28.3 Å². The highest BCUT2D eigenvalue weighted by molar-refractivity contribution is 5.88. The number of hydrogen-bond acceptors (Lipinski definition) is 4. The summed E-state index contributed by atoms with van der Waals surface area (Å²) < 4.78 is 6.85. The zero-order valence-corrected chi connectivity index (χ0v) is 14.0. The van der Waals surface area contributed by atoms with Crippen LogP contribution < -0.4 is 4.74 Å². The molecule has 0 aliphatic heterocycles. The van der Waals surface area contributed by atoms with Crippen LogP contribution in [0.4, 0.5) is 0 Å². The number of hydrogen-bond donors (Lipinski definition) is 1. The number of aromatic nitrogens is 3. The molecule has 26 heavy (non-hydrogen) atoms. The first-order valence-corrected chi connectivity index (χ1v) is 7.99. The lowest BCUT2D eigenvalue weighted by Crippen LogP contribution is -2.05. The summed E-state index contributed by atoms with van der Waals surface area (Å²) in [6.07, 6.45) is 0. The number of benzene rings is 2. The second kappa shape index (κ2) is 6.33. The van der Waals surface area contributed by atoms with E-state index in [0.717, 1.165) is 22.6 Å². The highest BCUT2D eigenvalue weighted by Crippen LogP contribution is 2.26. The van der Waals surface area contributed by atoms with Gasteiger partial charge in [-0.15, -0.1) is 0 Å². The van der Waals surface area contributed by atoms with E-state index in [0.29, 0.717) is 11.3 Å². The summed E-state index contributed by atoms with van der Waals surface area (Å²) in [5.74, 6) is -0.354. The van der Waals surface area contributed by atoms with Gasteiger partial charge >= 0.3 is 5.97 Å². The van der Waals surface area contributed by atoms with Gasteiger partial charge in [0.2, 0.25) is 0 Å². The molecule has 0 spiro atoms. The Labute approximate surface area is 149 Å². The monoisotopic (exact) mass is 345 g/mol. The van der Waals surface area contributed by atoms with Crippen molar-refractivity contribution in [2.45, 2.75) is 0 Å². The van der Waals surface area contributed by atoms with Gasteiger partial charge in [-0.3, -0.25) is 0 Å². The average Bonchev–Trinajstić information content (AvgIpc) is 3.12. The molecular weight excluding hydrogens is 330 g/mol. The van der Waals surface area contributed by atoms with Crippen LogP contribution in [-0.2, 0) is 0 Å². The van der Waals surface area contributed by atoms with E-state index >= 15 is 0 Å². The number of methoxy groups -OCH3 is 1. The first-order chi connectivity index (χ1) is 12.7. The van der Waals surface area contributed by atoms with Crippen molar-refractivity contribution < 1.29 is 14.6 Å².